The molecule has 0 aliphatic carbocycles. The molecule has 1 unspecified atom stereocenters. The van der Waals surface area contributed by atoms with Crippen molar-refractivity contribution in [3.63, 3.8) is 0 Å². The number of rotatable bonds is 7. The van der Waals surface area contributed by atoms with Crippen molar-refractivity contribution in [3.8, 4) is 11.3 Å². The van der Waals surface area contributed by atoms with Crippen LogP contribution in [0.3, 0.4) is 0 Å². The number of nitrogens with one attached hydrogen (secondary N) is 1. The van der Waals surface area contributed by atoms with Crippen LogP contribution in [0.4, 0.5) is 5.13 Å². The molecule has 3 heterocycles. The minimum absolute atomic E-state index is 0.0771. The zero-order chi connectivity index (χ0) is 21.1. The summed E-state index contributed by atoms with van der Waals surface area (Å²) in [5.41, 5.74) is 5.27. The largest absolute Gasteiger partial charge is 0.376 e. The molecule has 158 valence electrons. The number of ether oxygens (including phenoxy) is 1. The maximum Gasteiger partial charge on any atom is 0.236 e. The second kappa shape index (κ2) is 9.32. The quantitative estimate of drug-likeness (QED) is 0.530. The molecule has 1 aromatic carbocycles. The minimum atomic E-state index is -0.0771. The van der Waals surface area contributed by atoms with E-state index in [0.29, 0.717) is 10.9 Å². The molecule has 0 bridgehead atoms. The number of carbonyl (C=O) groups is 1. The Morgan fingerprint density at radius 1 is 1.27 bits per heavy atom. The maximum absolute atomic E-state index is 12.5. The van der Waals surface area contributed by atoms with Crippen molar-refractivity contribution in [1.29, 1.82) is 0 Å². The van der Waals surface area contributed by atoms with E-state index >= 15 is 0 Å². The van der Waals surface area contributed by atoms with Gasteiger partial charge in [-0.25, -0.2) is 9.97 Å². The number of thiazole rings is 1. The Morgan fingerprint density at radius 3 is 2.80 bits per heavy atom. The lowest BCUT2D eigenvalue weighted by Gasteiger charge is -2.14. The normalized spacial score (nSPS) is 16.2. The van der Waals surface area contributed by atoms with E-state index < -0.39 is 0 Å². The van der Waals surface area contributed by atoms with E-state index in [-0.39, 0.29) is 12.0 Å². The van der Waals surface area contributed by atoms with E-state index in [1.54, 1.807) is 0 Å². The zero-order valence-corrected chi connectivity index (χ0v) is 19.1. The zero-order valence-electron chi connectivity index (χ0n) is 17.5. The minimum Gasteiger partial charge on any atom is -0.376 e. The van der Waals surface area contributed by atoms with E-state index in [9.17, 15) is 4.79 Å². The molecule has 0 saturated carbocycles. The van der Waals surface area contributed by atoms with E-state index in [0.717, 1.165) is 53.8 Å². The van der Waals surface area contributed by atoms with Gasteiger partial charge in [0.2, 0.25) is 5.91 Å². The molecule has 30 heavy (non-hydrogen) atoms. The molecule has 1 saturated heterocycles. The number of aryl methyl sites for hydroxylation is 2. The van der Waals surface area contributed by atoms with Crippen LogP contribution in [0.1, 0.15) is 29.8 Å². The molecule has 1 atom stereocenters. The van der Waals surface area contributed by atoms with Crippen LogP contribution in [0.2, 0.25) is 0 Å². The number of amides is 1. The molecule has 8 heteroatoms. The summed E-state index contributed by atoms with van der Waals surface area (Å²) in [6, 6.07) is 8.22. The van der Waals surface area contributed by atoms with Crippen LogP contribution in [-0.4, -0.2) is 38.9 Å². The van der Waals surface area contributed by atoms with E-state index in [4.69, 9.17) is 4.74 Å². The van der Waals surface area contributed by atoms with Gasteiger partial charge >= 0.3 is 0 Å². The summed E-state index contributed by atoms with van der Waals surface area (Å²) in [7, 11) is 0. The Labute approximate surface area is 185 Å². The monoisotopic (exact) mass is 442 g/mol. The molecule has 1 N–H and O–H groups in total. The van der Waals surface area contributed by atoms with Gasteiger partial charge in [-0.15, -0.1) is 11.3 Å². The number of aromatic nitrogens is 3. The van der Waals surface area contributed by atoms with Gasteiger partial charge < -0.3 is 14.6 Å². The van der Waals surface area contributed by atoms with E-state index in [1.165, 1.54) is 28.7 Å². The number of benzene rings is 1. The highest BCUT2D eigenvalue weighted by Gasteiger charge is 2.21. The SMILES string of the molecule is Cc1ccc(-c2csc(NC(=O)CSc3nc(C)c(C)n3CC3CCCO3)n2)cc1. The Kier molecular flexibility index (Phi) is 6.55. The highest BCUT2D eigenvalue weighted by Crippen LogP contribution is 2.27. The summed E-state index contributed by atoms with van der Waals surface area (Å²) < 4.78 is 7.96. The third kappa shape index (κ3) is 4.94. The Morgan fingerprint density at radius 2 is 2.07 bits per heavy atom. The Bertz CT molecular complexity index is 1020. The molecule has 4 rings (SSSR count). The van der Waals surface area contributed by atoms with Gasteiger partial charge in [0.1, 0.15) is 0 Å². The van der Waals surface area contributed by atoms with Gasteiger partial charge in [0, 0.05) is 23.2 Å². The van der Waals surface area contributed by atoms with E-state index in [1.807, 2.05) is 24.4 Å². The van der Waals surface area contributed by atoms with E-state index in [2.05, 4.69) is 45.8 Å². The molecule has 0 spiro atoms. The molecular weight excluding hydrogens is 416 g/mol. The van der Waals surface area contributed by atoms with Crippen LogP contribution < -0.4 is 5.32 Å². The lowest BCUT2D eigenvalue weighted by atomic mass is 10.1. The summed E-state index contributed by atoms with van der Waals surface area (Å²) in [4.78, 5) is 21.7. The molecule has 1 amide bonds. The first-order valence-electron chi connectivity index (χ1n) is 10.1. The van der Waals surface area contributed by atoms with Crippen LogP contribution in [0.15, 0.2) is 34.8 Å². The van der Waals surface area contributed by atoms with Crippen LogP contribution in [0.25, 0.3) is 11.3 Å². The predicted octanol–water partition coefficient (Wildman–Crippen LogP) is 4.84. The van der Waals surface area contributed by atoms with Crippen LogP contribution in [0.5, 0.6) is 0 Å². The van der Waals surface area contributed by atoms with Gasteiger partial charge in [-0.05, 0) is 33.6 Å². The average Bonchev–Trinajstić information content (AvgIpc) is 3.46. The Hall–Kier alpha value is -2.16. The summed E-state index contributed by atoms with van der Waals surface area (Å²) in [6.07, 6.45) is 2.43. The molecule has 6 nitrogen and oxygen atoms in total. The third-order valence-corrected chi connectivity index (χ3v) is 7.00. The first kappa shape index (κ1) is 21.1. The number of nitrogens with zero attached hydrogens (tertiary/aromatic N) is 3. The average molecular weight is 443 g/mol. The first-order chi connectivity index (χ1) is 14.5. The molecule has 0 radical (unpaired) electrons. The van der Waals surface area contributed by atoms with Crippen LogP contribution in [-0.2, 0) is 16.1 Å². The lowest BCUT2D eigenvalue weighted by molar-refractivity contribution is -0.113. The van der Waals surface area contributed by atoms with Crippen molar-refractivity contribution >= 4 is 34.1 Å². The van der Waals surface area contributed by atoms with Crippen molar-refractivity contribution in [2.24, 2.45) is 0 Å². The van der Waals surface area contributed by atoms with Gasteiger partial charge in [-0.2, -0.15) is 0 Å². The molecule has 1 aliphatic rings. The standard InChI is InChI=1S/C22H26N4O2S2/c1-14-6-8-17(9-7-14)19-12-29-21(24-19)25-20(27)13-30-22-23-15(2)16(3)26(22)11-18-5-4-10-28-18/h6-9,12,18H,4-5,10-11,13H2,1-3H3,(H,24,25,27). The second-order valence-corrected chi connectivity index (χ2v) is 9.35. The number of carbonyl (C=O) groups excluding carboxylic acids is 1. The number of imidazole rings is 1. The van der Waals surface area contributed by atoms with Gasteiger partial charge in [0.25, 0.3) is 0 Å². The molecule has 1 fully saturated rings. The fourth-order valence-electron chi connectivity index (χ4n) is 3.41. The molecule has 2 aromatic heterocycles. The maximum atomic E-state index is 12.5. The lowest BCUT2D eigenvalue weighted by Crippen LogP contribution is -2.18. The molecule has 1 aliphatic heterocycles. The van der Waals surface area contributed by atoms with Gasteiger partial charge in [-0.1, -0.05) is 41.6 Å². The highest BCUT2D eigenvalue weighted by atomic mass is 32.2. The summed E-state index contributed by atoms with van der Waals surface area (Å²) in [6.45, 7) is 7.77. The highest BCUT2D eigenvalue weighted by molar-refractivity contribution is 7.99. The fourth-order valence-corrected chi connectivity index (χ4v) is 5.05. The number of thioether (sulfide) groups is 1. The predicted molar refractivity (Wildman–Crippen MR) is 122 cm³/mol. The topological polar surface area (TPSA) is 69.0 Å². The molecular formula is C22H26N4O2S2. The van der Waals surface area contributed by atoms with Gasteiger partial charge in [0.15, 0.2) is 10.3 Å². The van der Waals surface area contributed by atoms with Gasteiger partial charge in [-0.3, -0.25) is 4.79 Å². The number of hydrogen-bond acceptors (Lipinski definition) is 6. The summed E-state index contributed by atoms with van der Waals surface area (Å²) in [5, 5.41) is 6.37. The fraction of sp³-hybridized carbons (Fsp3) is 0.409. The Balaban J connectivity index is 1.36. The van der Waals surface area contributed by atoms with Crippen LogP contribution >= 0.6 is 23.1 Å². The van der Waals surface area contributed by atoms with Gasteiger partial charge in [0.05, 0.1) is 29.8 Å². The summed E-state index contributed by atoms with van der Waals surface area (Å²) in [5.74, 6) is 0.215. The van der Waals surface area contributed by atoms with Crippen molar-refractivity contribution in [2.75, 3.05) is 17.7 Å². The van der Waals surface area contributed by atoms with Crippen molar-refractivity contribution in [3.05, 3.63) is 46.6 Å². The third-order valence-electron chi connectivity index (χ3n) is 5.26. The molecule has 3 aromatic rings. The van der Waals surface area contributed by atoms with Crippen molar-refractivity contribution in [1.82, 2.24) is 14.5 Å². The first-order valence-corrected chi connectivity index (χ1v) is 12.0. The summed E-state index contributed by atoms with van der Waals surface area (Å²) >= 11 is 2.90. The smallest absolute Gasteiger partial charge is 0.236 e. The van der Waals surface area contributed by atoms with Crippen molar-refractivity contribution < 1.29 is 9.53 Å². The van der Waals surface area contributed by atoms with Crippen LogP contribution in [0, 0.1) is 20.8 Å². The second-order valence-electron chi connectivity index (χ2n) is 7.55. The number of hydrogen-bond donors (Lipinski definition) is 1. The van der Waals surface area contributed by atoms with Crippen molar-refractivity contribution in [2.45, 2.75) is 51.4 Å². The number of anilines is 1.